The zero-order chi connectivity index (χ0) is 15.1. The highest BCUT2D eigenvalue weighted by Gasteiger charge is 2.26. The molecule has 0 radical (unpaired) electrons. The lowest BCUT2D eigenvalue weighted by molar-refractivity contribution is -0.0821. The molecule has 1 rings (SSSR count). The Labute approximate surface area is 116 Å². The highest BCUT2D eigenvalue weighted by molar-refractivity contribution is 5.94. The quantitative estimate of drug-likeness (QED) is 0.334. The van der Waals surface area contributed by atoms with Crippen molar-refractivity contribution >= 4 is 12.1 Å². The van der Waals surface area contributed by atoms with Crippen molar-refractivity contribution in [2.75, 3.05) is 0 Å². The third-order valence-electron chi connectivity index (χ3n) is 2.62. The topological polar surface area (TPSA) is 122 Å². The Balaban J connectivity index is 2.50. The predicted octanol–water partition coefficient (Wildman–Crippen LogP) is -1.13. The van der Waals surface area contributed by atoms with Gasteiger partial charge in [0.05, 0.1) is 12.3 Å². The van der Waals surface area contributed by atoms with Crippen LogP contribution < -0.4 is 5.43 Å². The van der Waals surface area contributed by atoms with Gasteiger partial charge in [-0.05, 0) is 19.1 Å². The molecule has 0 saturated carbocycles. The summed E-state index contributed by atoms with van der Waals surface area (Å²) in [4.78, 5) is 11.6. The molecular weight excluding hydrogens is 264 g/mol. The summed E-state index contributed by atoms with van der Waals surface area (Å²) in [5.41, 5.74) is 2.56. The molecule has 1 aromatic carbocycles. The molecule has 1 amide bonds. The normalized spacial score (nSPS) is 17.4. The molecule has 0 aliphatic rings. The molecule has 1 aromatic rings. The molecule has 20 heavy (non-hydrogen) atoms. The number of hydrazone groups is 1. The van der Waals surface area contributed by atoms with E-state index < -0.39 is 30.3 Å². The smallest absolute Gasteiger partial charge is 0.271 e. The number of carbonyl (C=O) groups is 1. The number of hydrogen-bond acceptors (Lipinski definition) is 6. The van der Waals surface area contributed by atoms with Crippen LogP contribution in [0.5, 0.6) is 0 Å². The second-order valence-corrected chi connectivity index (χ2v) is 4.30. The van der Waals surface area contributed by atoms with Crippen molar-refractivity contribution in [3.8, 4) is 0 Å². The highest BCUT2D eigenvalue weighted by Crippen LogP contribution is 2.03. The summed E-state index contributed by atoms with van der Waals surface area (Å²) >= 11 is 0. The third-order valence-corrected chi connectivity index (χ3v) is 2.62. The monoisotopic (exact) mass is 282 g/mol. The van der Waals surface area contributed by atoms with E-state index in [1.54, 1.807) is 30.3 Å². The van der Waals surface area contributed by atoms with Gasteiger partial charge in [0, 0.05) is 5.56 Å². The van der Waals surface area contributed by atoms with Crippen LogP contribution in [-0.4, -0.2) is 57.0 Å². The second-order valence-electron chi connectivity index (χ2n) is 4.30. The maximum atomic E-state index is 11.6. The summed E-state index contributed by atoms with van der Waals surface area (Å²) in [7, 11) is 0. The number of hydrogen-bond donors (Lipinski definition) is 5. The Morgan fingerprint density at radius 1 is 1.15 bits per heavy atom. The molecule has 0 aromatic heterocycles. The lowest BCUT2D eigenvalue weighted by Crippen LogP contribution is -2.44. The van der Waals surface area contributed by atoms with Crippen molar-refractivity contribution in [3.05, 3.63) is 35.9 Å². The summed E-state index contributed by atoms with van der Waals surface area (Å²) in [6.07, 6.45) is -4.96. The number of carbonyl (C=O) groups excluding carboxylic acids is 1. The molecule has 0 aliphatic heterocycles. The van der Waals surface area contributed by atoms with E-state index in [1.807, 2.05) is 0 Å². The third kappa shape index (κ3) is 4.71. The van der Waals surface area contributed by atoms with E-state index in [-0.39, 0.29) is 0 Å². The molecular formula is C13H18N2O5. The molecule has 4 atom stereocenters. The van der Waals surface area contributed by atoms with Gasteiger partial charge < -0.3 is 20.4 Å². The minimum atomic E-state index is -1.60. The van der Waals surface area contributed by atoms with Crippen molar-refractivity contribution in [1.82, 2.24) is 5.43 Å². The molecule has 7 nitrogen and oxygen atoms in total. The second kappa shape index (κ2) is 7.71. The van der Waals surface area contributed by atoms with Crippen LogP contribution in [0.2, 0.25) is 0 Å². The van der Waals surface area contributed by atoms with E-state index in [1.165, 1.54) is 6.92 Å². The maximum Gasteiger partial charge on any atom is 0.271 e. The van der Waals surface area contributed by atoms with E-state index in [0.717, 1.165) is 6.21 Å². The van der Waals surface area contributed by atoms with Gasteiger partial charge in [0.1, 0.15) is 18.3 Å². The molecule has 5 N–H and O–H groups in total. The van der Waals surface area contributed by atoms with Gasteiger partial charge in [0.15, 0.2) is 0 Å². The van der Waals surface area contributed by atoms with Crippen LogP contribution in [0.25, 0.3) is 0 Å². The molecule has 0 fully saturated rings. The molecule has 0 spiro atoms. The van der Waals surface area contributed by atoms with Gasteiger partial charge in [-0.2, -0.15) is 5.10 Å². The first-order chi connectivity index (χ1) is 9.43. The average Bonchev–Trinajstić information content (AvgIpc) is 2.46. The van der Waals surface area contributed by atoms with Gasteiger partial charge in [-0.1, -0.05) is 18.2 Å². The molecule has 0 heterocycles. The fourth-order valence-electron chi connectivity index (χ4n) is 1.40. The molecule has 0 saturated heterocycles. The van der Waals surface area contributed by atoms with Gasteiger partial charge in [0.2, 0.25) is 0 Å². The summed E-state index contributed by atoms with van der Waals surface area (Å²) in [5, 5.41) is 40.9. The van der Waals surface area contributed by atoms with Gasteiger partial charge in [-0.3, -0.25) is 4.79 Å². The molecule has 0 bridgehead atoms. The number of nitrogens with zero attached hydrogens (tertiary/aromatic N) is 1. The Hall–Kier alpha value is -1.80. The van der Waals surface area contributed by atoms with E-state index >= 15 is 0 Å². The Kier molecular flexibility index (Phi) is 6.26. The summed E-state index contributed by atoms with van der Waals surface area (Å²) in [6, 6.07) is 8.32. The number of benzene rings is 1. The lowest BCUT2D eigenvalue weighted by atomic mass is 10.1. The van der Waals surface area contributed by atoms with Gasteiger partial charge >= 0.3 is 0 Å². The first kappa shape index (κ1) is 16.3. The number of nitrogens with one attached hydrogen (secondary N) is 1. The zero-order valence-electron chi connectivity index (χ0n) is 10.9. The van der Waals surface area contributed by atoms with Gasteiger partial charge in [-0.25, -0.2) is 5.43 Å². The fraction of sp³-hybridized carbons (Fsp3) is 0.385. The van der Waals surface area contributed by atoms with Crippen molar-refractivity contribution in [1.29, 1.82) is 0 Å². The van der Waals surface area contributed by atoms with E-state index in [0.29, 0.717) is 5.56 Å². The SMILES string of the molecule is C[C@H](O)[C@@H](O)[C@H](O)[C@H](O)/C=N\NC(=O)c1ccccc1. The van der Waals surface area contributed by atoms with Crippen molar-refractivity contribution < 1.29 is 25.2 Å². The minimum absolute atomic E-state index is 0.392. The number of aliphatic hydroxyl groups is 4. The standard InChI is InChI=1S/C13H18N2O5/c1-8(16)11(18)12(19)10(17)7-14-15-13(20)9-5-3-2-4-6-9/h2-8,10-12,16-19H,1H3,(H,15,20)/b14-7-/t8-,10+,11+,12+/m0/s1. The van der Waals surface area contributed by atoms with Crippen molar-refractivity contribution in [3.63, 3.8) is 0 Å². The minimum Gasteiger partial charge on any atom is -0.391 e. The van der Waals surface area contributed by atoms with Crippen LogP contribution in [-0.2, 0) is 0 Å². The number of amides is 1. The van der Waals surface area contributed by atoms with Crippen LogP contribution in [0.1, 0.15) is 17.3 Å². The predicted molar refractivity (Wildman–Crippen MR) is 72.1 cm³/mol. The first-order valence-electron chi connectivity index (χ1n) is 6.04. The highest BCUT2D eigenvalue weighted by atomic mass is 16.4. The Morgan fingerprint density at radius 3 is 2.30 bits per heavy atom. The molecule has 0 aliphatic carbocycles. The maximum absolute atomic E-state index is 11.6. The van der Waals surface area contributed by atoms with Crippen LogP contribution in [0.15, 0.2) is 35.4 Å². The van der Waals surface area contributed by atoms with Crippen LogP contribution in [0.3, 0.4) is 0 Å². The fourth-order valence-corrected chi connectivity index (χ4v) is 1.40. The summed E-state index contributed by atoms with van der Waals surface area (Å²) in [5.74, 6) is -0.473. The summed E-state index contributed by atoms with van der Waals surface area (Å²) in [6.45, 7) is 1.27. The first-order valence-corrected chi connectivity index (χ1v) is 6.04. The Morgan fingerprint density at radius 2 is 1.75 bits per heavy atom. The molecule has 7 heteroatoms. The average molecular weight is 282 g/mol. The lowest BCUT2D eigenvalue weighted by Gasteiger charge is -2.22. The van der Waals surface area contributed by atoms with Crippen molar-refractivity contribution in [2.24, 2.45) is 5.10 Å². The van der Waals surface area contributed by atoms with Gasteiger partial charge in [-0.15, -0.1) is 0 Å². The van der Waals surface area contributed by atoms with E-state index in [2.05, 4.69) is 10.5 Å². The largest absolute Gasteiger partial charge is 0.391 e. The van der Waals surface area contributed by atoms with Crippen LogP contribution in [0, 0.1) is 0 Å². The zero-order valence-corrected chi connectivity index (χ0v) is 10.9. The van der Waals surface area contributed by atoms with Crippen LogP contribution >= 0.6 is 0 Å². The summed E-state index contributed by atoms with van der Waals surface area (Å²) < 4.78 is 0. The van der Waals surface area contributed by atoms with E-state index in [9.17, 15) is 20.1 Å². The number of aliphatic hydroxyl groups excluding tert-OH is 4. The van der Waals surface area contributed by atoms with Crippen molar-refractivity contribution in [2.45, 2.75) is 31.3 Å². The molecule has 0 unspecified atom stereocenters. The Bertz CT molecular complexity index is 449. The number of rotatable bonds is 6. The van der Waals surface area contributed by atoms with Crippen LogP contribution in [0.4, 0.5) is 0 Å². The van der Waals surface area contributed by atoms with E-state index in [4.69, 9.17) is 5.11 Å². The van der Waals surface area contributed by atoms with Gasteiger partial charge in [0.25, 0.3) is 5.91 Å². The molecule has 110 valence electrons.